The van der Waals surface area contributed by atoms with Crippen molar-refractivity contribution in [2.24, 2.45) is 17.8 Å². The van der Waals surface area contributed by atoms with Crippen molar-refractivity contribution in [3.63, 3.8) is 0 Å². The third kappa shape index (κ3) is 11.8. The summed E-state index contributed by atoms with van der Waals surface area (Å²) in [5.41, 5.74) is -2.66. The van der Waals surface area contributed by atoms with E-state index < -0.39 is 102 Å². The number of carbonyl (C=O) groups is 4. The van der Waals surface area contributed by atoms with Gasteiger partial charge in [-0.15, -0.1) is 0 Å². The minimum atomic E-state index is -1.48. The maximum absolute atomic E-state index is 14.4. The Kier molecular flexibility index (Phi) is 18.1. The minimum Gasteiger partial charge on any atom is -0.488 e. The van der Waals surface area contributed by atoms with Crippen molar-refractivity contribution >= 4 is 23.7 Å². The van der Waals surface area contributed by atoms with E-state index in [4.69, 9.17) is 48.1 Å². The summed E-state index contributed by atoms with van der Waals surface area (Å²) in [7, 11) is 4.97. The van der Waals surface area contributed by atoms with Gasteiger partial charge in [-0.25, -0.2) is 9.59 Å². The SMILES string of the molecule is CC[C@@H]1OC(=O)[C@H](C)[C@@H](O[C@H]2C[C@@](C)(OC)[C@@H](O)[C@H](C)O2)[C@H](C)[C@@H](O[C@@H]2O[C@H](C)C[C@H](N(C)C(C)C)[C@H]2O)[C@@]2(C)CC(C)=C(O2)[C@@H](C)C(=O)[C@]1(C)OC.O=C(O)/C=C/C(=O)O. The van der Waals surface area contributed by atoms with Gasteiger partial charge in [0.25, 0.3) is 0 Å². The Labute approximate surface area is 361 Å². The highest BCUT2D eigenvalue weighted by atomic mass is 16.7. The molecule has 2 bridgehead atoms. The molecule has 0 unspecified atom stereocenters. The number of carboxylic acids is 2. The maximum Gasteiger partial charge on any atom is 0.328 e. The van der Waals surface area contributed by atoms with Gasteiger partial charge in [0.2, 0.25) is 0 Å². The fraction of sp³-hybridized carbons (Fsp3) is 0.818. The van der Waals surface area contributed by atoms with E-state index in [0.29, 0.717) is 37.2 Å². The van der Waals surface area contributed by atoms with E-state index >= 15 is 0 Å². The summed E-state index contributed by atoms with van der Waals surface area (Å²) < 4.78 is 51.1. The second kappa shape index (κ2) is 21.1. The maximum atomic E-state index is 14.4. The Bertz CT molecular complexity index is 1590. The lowest BCUT2D eigenvalue weighted by molar-refractivity contribution is -0.317. The number of cyclic esters (lactones) is 1. The highest BCUT2D eigenvalue weighted by Gasteiger charge is 2.56. The summed E-state index contributed by atoms with van der Waals surface area (Å²) in [6.07, 6.45) is -4.72. The van der Waals surface area contributed by atoms with Crippen LogP contribution in [0.1, 0.15) is 109 Å². The number of carbonyl (C=O) groups excluding carboxylic acids is 2. The first-order valence-corrected chi connectivity index (χ1v) is 21.3. The zero-order chi connectivity index (χ0) is 46.5. The van der Waals surface area contributed by atoms with Crippen molar-refractivity contribution in [1.29, 1.82) is 0 Å². The van der Waals surface area contributed by atoms with Gasteiger partial charge in [-0.2, -0.15) is 0 Å². The van der Waals surface area contributed by atoms with Crippen LogP contribution in [0, 0.1) is 17.8 Å². The number of ether oxygens (including phenoxy) is 8. The fourth-order valence-electron chi connectivity index (χ4n) is 9.19. The number of aliphatic hydroxyl groups is 2. The number of likely N-dealkylation sites (N-methyl/N-ethyl adjacent to an activating group) is 1. The predicted octanol–water partition coefficient (Wildman–Crippen LogP) is 4.25. The molecule has 0 amide bonds. The Hall–Kier alpha value is -3.00. The quantitative estimate of drug-likeness (QED) is 0.168. The van der Waals surface area contributed by atoms with Gasteiger partial charge in [-0.1, -0.05) is 13.8 Å². The van der Waals surface area contributed by atoms with E-state index in [-0.39, 0.29) is 30.4 Å². The number of hydrogen-bond donors (Lipinski definition) is 4. The number of aliphatic carboxylic acids is 2. The zero-order valence-electron chi connectivity index (χ0n) is 38.7. The second-order valence-corrected chi connectivity index (χ2v) is 18.1. The van der Waals surface area contributed by atoms with E-state index in [1.807, 2.05) is 41.7 Å². The zero-order valence-corrected chi connectivity index (χ0v) is 38.7. The van der Waals surface area contributed by atoms with Gasteiger partial charge in [0, 0.05) is 57.2 Å². The lowest BCUT2D eigenvalue weighted by atomic mass is 9.79. The number of Topliss-reactive ketones (excluding diaryl/α,β-unsaturated/α-hetero) is 1. The van der Waals surface area contributed by atoms with Crippen molar-refractivity contribution < 1.29 is 77.5 Å². The number of fused-ring (bicyclic) bond motifs is 2. The van der Waals surface area contributed by atoms with Gasteiger partial charge in [0.1, 0.15) is 35.8 Å². The van der Waals surface area contributed by atoms with E-state index in [9.17, 15) is 29.4 Å². The highest BCUT2D eigenvalue weighted by Crippen LogP contribution is 2.47. The topological polar surface area (TPSA) is 226 Å². The highest BCUT2D eigenvalue weighted by molar-refractivity contribution is 5.92. The molecule has 0 aromatic rings. The first kappa shape index (κ1) is 52.3. The number of rotatable bonds is 11. The normalized spacial score (nSPS) is 41.3. The first-order valence-electron chi connectivity index (χ1n) is 21.3. The molecule has 17 nitrogen and oxygen atoms in total. The molecule has 3 fully saturated rings. The molecule has 61 heavy (non-hydrogen) atoms. The molecule has 4 aliphatic heterocycles. The Morgan fingerprint density at radius 2 is 1.54 bits per heavy atom. The Morgan fingerprint density at radius 3 is 2.05 bits per heavy atom. The molecular formula is C44H73NO16. The summed E-state index contributed by atoms with van der Waals surface area (Å²) >= 11 is 0. The minimum absolute atomic E-state index is 0.164. The molecule has 4 heterocycles. The molecule has 0 spiro atoms. The molecule has 0 aromatic heterocycles. The largest absolute Gasteiger partial charge is 0.488 e. The van der Waals surface area contributed by atoms with Crippen molar-refractivity contribution in [3.05, 3.63) is 23.5 Å². The monoisotopic (exact) mass is 871 g/mol. The molecule has 16 atom stereocenters. The predicted molar refractivity (Wildman–Crippen MR) is 221 cm³/mol. The lowest BCUT2D eigenvalue weighted by Gasteiger charge is -2.49. The molecule has 0 aliphatic carbocycles. The Balaban J connectivity index is 0.00000112. The van der Waals surface area contributed by atoms with Crippen LogP contribution < -0.4 is 0 Å². The van der Waals surface area contributed by atoms with Crippen LogP contribution >= 0.6 is 0 Å². The molecule has 4 N–H and O–H groups in total. The van der Waals surface area contributed by atoms with Crippen LogP contribution in [0.3, 0.4) is 0 Å². The molecule has 0 saturated carbocycles. The van der Waals surface area contributed by atoms with E-state index in [1.54, 1.807) is 34.6 Å². The molecule has 0 radical (unpaired) electrons. The number of hydrogen-bond acceptors (Lipinski definition) is 15. The van der Waals surface area contributed by atoms with Gasteiger partial charge in [0.05, 0.1) is 35.7 Å². The van der Waals surface area contributed by atoms with Crippen molar-refractivity contribution in [2.75, 3.05) is 21.3 Å². The molecule has 4 rings (SSSR count). The molecule has 0 aromatic carbocycles. The summed E-state index contributed by atoms with van der Waals surface area (Å²) in [5, 5.41) is 38.4. The number of aliphatic hydroxyl groups excluding tert-OH is 2. The molecule has 17 heteroatoms. The second-order valence-electron chi connectivity index (χ2n) is 18.1. The van der Waals surface area contributed by atoms with Crippen molar-refractivity contribution in [1.82, 2.24) is 4.90 Å². The summed E-state index contributed by atoms with van der Waals surface area (Å²) in [5.74, 6) is -5.10. The number of nitrogens with zero attached hydrogens (tertiary/aromatic N) is 1. The summed E-state index contributed by atoms with van der Waals surface area (Å²) in [4.78, 5) is 49.9. The third-order valence-electron chi connectivity index (χ3n) is 13.2. The van der Waals surface area contributed by atoms with E-state index in [2.05, 4.69) is 18.7 Å². The average Bonchev–Trinajstić information content (AvgIpc) is 3.52. The van der Waals surface area contributed by atoms with E-state index in [0.717, 1.165) is 5.57 Å². The summed E-state index contributed by atoms with van der Waals surface area (Å²) in [6, 6.07) is -0.0782. The number of ketones is 1. The van der Waals surface area contributed by atoms with Crippen LogP contribution in [0.5, 0.6) is 0 Å². The van der Waals surface area contributed by atoms with Crippen LogP contribution in [0.2, 0.25) is 0 Å². The van der Waals surface area contributed by atoms with Gasteiger partial charge in [0.15, 0.2) is 24.0 Å². The van der Waals surface area contributed by atoms with Crippen LogP contribution in [-0.2, 0) is 57.1 Å². The number of esters is 1. The fourth-order valence-corrected chi connectivity index (χ4v) is 9.19. The van der Waals surface area contributed by atoms with Crippen LogP contribution in [-0.4, -0.2) is 154 Å². The Morgan fingerprint density at radius 1 is 0.951 bits per heavy atom. The third-order valence-corrected chi connectivity index (χ3v) is 13.2. The smallest absolute Gasteiger partial charge is 0.328 e. The van der Waals surface area contributed by atoms with Crippen LogP contribution in [0.25, 0.3) is 0 Å². The molecule has 4 aliphatic rings. The van der Waals surface area contributed by atoms with Crippen LogP contribution in [0.4, 0.5) is 0 Å². The molecule has 350 valence electrons. The van der Waals surface area contributed by atoms with Gasteiger partial charge in [-0.05, 0) is 94.7 Å². The van der Waals surface area contributed by atoms with Crippen molar-refractivity contribution in [2.45, 2.75) is 193 Å². The van der Waals surface area contributed by atoms with Gasteiger partial charge < -0.3 is 58.3 Å². The molecular weight excluding hydrogens is 798 g/mol. The van der Waals surface area contributed by atoms with Gasteiger partial charge in [-0.3, -0.25) is 14.5 Å². The lowest BCUT2D eigenvalue weighted by Crippen LogP contribution is -2.61. The first-order chi connectivity index (χ1) is 28.2. The van der Waals surface area contributed by atoms with Crippen molar-refractivity contribution in [3.8, 4) is 0 Å². The van der Waals surface area contributed by atoms with E-state index in [1.165, 1.54) is 14.2 Å². The number of allylic oxidation sites excluding steroid dienone is 1. The average molecular weight is 872 g/mol. The number of carboxylic acid groups (broad SMARTS) is 2. The molecule has 3 saturated heterocycles. The summed E-state index contributed by atoms with van der Waals surface area (Å²) in [6.45, 7) is 22.5. The number of methoxy groups -OCH3 is 2. The van der Waals surface area contributed by atoms with Crippen LogP contribution in [0.15, 0.2) is 23.5 Å². The standard InChI is InChI=1S/C40H69NO12.C4H4O4/c1-16-28-40(12,47-15)33(43)23(6)31-21(4)18-39(11,53-31)35(52-37-30(42)27(17-22(5)48-37)41(13)20(2)3)24(7)32(25(8)36(45)50-28)51-29-19-38(10,46-14)34(44)26(9)49-29;5-3(6)1-2-4(7)8/h20,22-30,32,34-35,37,42,44H,16-19H2,1-15H3;1-2H,(H,5,6)(H,7,8)/b;2-1+/t22-,23-,24+,25-,26+,27+,28+,29+,30-,32+,34+,35-,37+,38-,39-,40-;/m1./s1. The van der Waals surface area contributed by atoms with Gasteiger partial charge >= 0.3 is 17.9 Å².